The van der Waals surface area contributed by atoms with Crippen molar-refractivity contribution in [3.8, 4) is 22.6 Å². The average molecular weight is 568 g/mol. The molecule has 216 valence electrons. The molecule has 0 fully saturated rings. The normalized spacial score (nSPS) is 12.0. The van der Waals surface area contributed by atoms with Crippen LogP contribution < -0.4 is 4.74 Å². The predicted molar refractivity (Wildman–Crippen MR) is 165 cm³/mol. The number of carboxylic acid groups (broad SMARTS) is 1. The lowest BCUT2D eigenvalue weighted by atomic mass is 9.80. The van der Waals surface area contributed by atoms with E-state index in [4.69, 9.17) is 4.74 Å². The molecule has 0 aromatic heterocycles. The maximum atomic E-state index is 13.4. The highest BCUT2D eigenvalue weighted by molar-refractivity contribution is 5.94. The Morgan fingerprint density at radius 2 is 1.40 bits per heavy atom. The molecule has 0 aliphatic rings. The predicted octanol–water partition coefficient (Wildman–Crippen LogP) is 9.66. The fourth-order valence-corrected chi connectivity index (χ4v) is 4.42. The van der Waals surface area contributed by atoms with E-state index in [0.29, 0.717) is 22.4 Å². The molecule has 0 aliphatic carbocycles. The van der Waals surface area contributed by atoms with Gasteiger partial charge in [-0.15, -0.1) is 0 Å². The van der Waals surface area contributed by atoms with E-state index in [1.54, 1.807) is 48.6 Å². The summed E-state index contributed by atoms with van der Waals surface area (Å²) >= 11 is 0. The van der Waals surface area contributed by atoms with Crippen LogP contribution in [0.15, 0.2) is 78.9 Å². The van der Waals surface area contributed by atoms with Crippen LogP contribution in [0.3, 0.4) is 0 Å². The smallest absolute Gasteiger partial charge is 0.336 e. The van der Waals surface area contributed by atoms with Crippen molar-refractivity contribution in [3.63, 3.8) is 0 Å². The lowest BCUT2D eigenvalue weighted by molar-refractivity contribution is -0.385. The maximum Gasteiger partial charge on any atom is 0.336 e. The van der Waals surface area contributed by atoms with E-state index >= 15 is 0 Å². The first-order chi connectivity index (χ1) is 19.6. The summed E-state index contributed by atoms with van der Waals surface area (Å²) in [6, 6.07) is 21.3. The van der Waals surface area contributed by atoms with Gasteiger partial charge in [-0.1, -0.05) is 84.0 Å². The standard InChI is InChI=1S/C35H34FNO5/c1-34(2,3)26-19-27(35(4,5)6)21-29(20-26)42-32-16-8-22(17-31(32)37(40)41)7-9-25-18-24(12-15-30(25)33(38)39)23-10-13-28(36)14-11-23/h7-21H,1-6H3,(H,38,39)/b9-7+. The molecule has 0 saturated heterocycles. The molecule has 6 nitrogen and oxygen atoms in total. The summed E-state index contributed by atoms with van der Waals surface area (Å²) in [5.41, 5.74) is 4.01. The number of carboxylic acids is 1. The molecule has 0 heterocycles. The Bertz CT molecular complexity index is 1640. The number of ether oxygens (including phenoxy) is 1. The number of nitrogens with zero attached hydrogens (tertiary/aromatic N) is 1. The Morgan fingerprint density at radius 1 is 0.810 bits per heavy atom. The quantitative estimate of drug-likeness (QED) is 0.136. The van der Waals surface area contributed by atoms with Crippen LogP contribution in [0.2, 0.25) is 0 Å². The van der Waals surface area contributed by atoms with Gasteiger partial charge < -0.3 is 9.84 Å². The van der Waals surface area contributed by atoms with Crippen molar-refractivity contribution in [2.75, 3.05) is 0 Å². The van der Waals surface area contributed by atoms with Crippen molar-refractivity contribution in [1.82, 2.24) is 0 Å². The van der Waals surface area contributed by atoms with E-state index in [9.17, 15) is 24.4 Å². The number of hydrogen-bond donors (Lipinski definition) is 1. The van der Waals surface area contributed by atoms with E-state index in [0.717, 1.165) is 16.7 Å². The highest BCUT2D eigenvalue weighted by atomic mass is 19.1. The van der Waals surface area contributed by atoms with Gasteiger partial charge in [0.05, 0.1) is 10.5 Å². The molecule has 0 aliphatic heterocycles. The fourth-order valence-electron chi connectivity index (χ4n) is 4.42. The Labute approximate surface area is 245 Å². The van der Waals surface area contributed by atoms with Crippen molar-refractivity contribution < 1.29 is 24.0 Å². The minimum absolute atomic E-state index is 0.0694. The lowest BCUT2D eigenvalue weighted by Crippen LogP contribution is -2.16. The highest BCUT2D eigenvalue weighted by Gasteiger charge is 2.23. The molecule has 0 unspecified atom stereocenters. The topological polar surface area (TPSA) is 89.7 Å². The van der Waals surface area contributed by atoms with E-state index in [1.165, 1.54) is 24.3 Å². The fraction of sp³-hybridized carbons (Fsp3) is 0.229. The van der Waals surface area contributed by atoms with Crippen LogP contribution in [0.4, 0.5) is 10.1 Å². The van der Waals surface area contributed by atoms with Gasteiger partial charge in [0.15, 0.2) is 0 Å². The first-order valence-electron chi connectivity index (χ1n) is 13.6. The van der Waals surface area contributed by atoms with Crippen LogP contribution in [-0.4, -0.2) is 16.0 Å². The zero-order valence-corrected chi connectivity index (χ0v) is 24.6. The van der Waals surface area contributed by atoms with Gasteiger partial charge in [0, 0.05) is 6.07 Å². The molecule has 4 aromatic carbocycles. The zero-order valence-electron chi connectivity index (χ0n) is 24.6. The maximum absolute atomic E-state index is 13.4. The second-order valence-corrected chi connectivity index (χ2v) is 12.3. The van der Waals surface area contributed by atoms with Gasteiger partial charge in [-0.25, -0.2) is 9.18 Å². The van der Waals surface area contributed by atoms with Crippen LogP contribution in [0.5, 0.6) is 11.5 Å². The van der Waals surface area contributed by atoms with Crippen molar-refractivity contribution in [2.45, 2.75) is 52.4 Å². The minimum atomic E-state index is -1.11. The summed E-state index contributed by atoms with van der Waals surface area (Å²) in [5.74, 6) is -0.858. The van der Waals surface area contributed by atoms with E-state index < -0.39 is 10.9 Å². The number of halogens is 1. The molecule has 0 bridgehead atoms. The summed E-state index contributed by atoms with van der Waals surface area (Å²) < 4.78 is 19.5. The monoisotopic (exact) mass is 567 g/mol. The number of nitro benzene ring substituents is 1. The Kier molecular flexibility index (Phi) is 8.34. The van der Waals surface area contributed by atoms with Gasteiger partial charge in [0.25, 0.3) is 0 Å². The van der Waals surface area contributed by atoms with Crippen LogP contribution in [0.1, 0.15) is 74.2 Å². The number of hydrogen-bond acceptors (Lipinski definition) is 4. The third-order valence-electron chi connectivity index (χ3n) is 6.96. The van der Waals surface area contributed by atoms with Crippen molar-refractivity contribution in [1.29, 1.82) is 0 Å². The lowest BCUT2D eigenvalue weighted by Gasteiger charge is -2.26. The third-order valence-corrected chi connectivity index (χ3v) is 6.96. The largest absolute Gasteiger partial charge is 0.478 e. The van der Waals surface area contributed by atoms with E-state index in [2.05, 4.69) is 47.6 Å². The molecule has 4 rings (SSSR count). The summed E-state index contributed by atoms with van der Waals surface area (Å²) in [5, 5.41) is 21.8. The molecule has 42 heavy (non-hydrogen) atoms. The molecule has 4 aromatic rings. The molecule has 0 spiro atoms. The molecule has 0 saturated carbocycles. The van der Waals surface area contributed by atoms with E-state index in [-0.39, 0.29) is 33.6 Å². The number of nitro groups is 1. The third kappa shape index (κ3) is 7.10. The van der Waals surface area contributed by atoms with Gasteiger partial charge >= 0.3 is 11.7 Å². The van der Waals surface area contributed by atoms with Crippen molar-refractivity contribution in [2.24, 2.45) is 0 Å². The Balaban J connectivity index is 1.70. The zero-order chi connectivity index (χ0) is 30.8. The minimum Gasteiger partial charge on any atom is -0.478 e. The molecule has 0 amide bonds. The Hall–Kier alpha value is -4.78. The van der Waals surface area contributed by atoms with Crippen molar-refractivity contribution in [3.05, 3.63) is 123 Å². The van der Waals surface area contributed by atoms with Gasteiger partial charge in [-0.3, -0.25) is 10.1 Å². The van der Waals surface area contributed by atoms with Gasteiger partial charge in [-0.2, -0.15) is 0 Å². The molecular weight excluding hydrogens is 533 g/mol. The number of carbonyl (C=O) groups is 1. The molecule has 7 heteroatoms. The molecule has 0 atom stereocenters. The number of benzene rings is 4. The van der Waals surface area contributed by atoms with Gasteiger partial charge in [0.2, 0.25) is 5.75 Å². The molecule has 0 radical (unpaired) electrons. The second kappa shape index (κ2) is 11.6. The summed E-state index contributed by atoms with van der Waals surface area (Å²) in [4.78, 5) is 23.4. The van der Waals surface area contributed by atoms with Gasteiger partial charge in [0.1, 0.15) is 11.6 Å². The molecular formula is C35H34FNO5. The Morgan fingerprint density at radius 3 is 1.95 bits per heavy atom. The first kappa shape index (κ1) is 30.2. The van der Waals surface area contributed by atoms with Crippen LogP contribution in [0, 0.1) is 15.9 Å². The summed E-state index contributed by atoms with van der Waals surface area (Å²) in [6.45, 7) is 12.6. The molecule has 1 N–H and O–H groups in total. The second-order valence-electron chi connectivity index (χ2n) is 12.3. The van der Waals surface area contributed by atoms with Crippen molar-refractivity contribution >= 4 is 23.8 Å². The first-order valence-corrected chi connectivity index (χ1v) is 13.6. The van der Waals surface area contributed by atoms with E-state index in [1.807, 2.05) is 12.1 Å². The van der Waals surface area contributed by atoms with Crippen LogP contribution in [-0.2, 0) is 10.8 Å². The average Bonchev–Trinajstić information content (AvgIpc) is 2.91. The summed E-state index contributed by atoms with van der Waals surface area (Å²) in [7, 11) is 0. The van der Waals surface area contributed by atoms with Gasteiger partial charge in [-0.05, 0) is 86.7 Å². The summed E-state index contributed by atoms with van der Waals surface area (Å²) in [6.07, 6.45) is 3.21. The number of aromatic carboxylic acids is 1. The highest BCUT2D eigenvalue weighted by Crippen LogP contribution is 2.38. The number of rotatable bonds is 7. The SMILES string of the molecule is CC(C)(C)c1cc(Oc2ccc(/C=C/c3cc(-c4ccc(F)cc4)ccc3C(=O)O)cc2[N+](=O)[O-])cc(C(C)(C)C)c1. The van der Waals surface area contributed by atoms with Crippen LogP contribution in [0.25, 0.3) is 23.3 Å². The van der Waals surface area contributed by atoms with Crippen LogP contribution >= 0.6 is 0 Å².